The predicted molar refractivity (Wildman–Crippen MR) is 93.0 cm³/mol. The first-order valence-electron chi connectivity index (χ1n) is 7.93. The van der Waals surface area contributed by atoms with Crippen LogP contribution in [0, 0.1) is 5.92 Å². The number of carbonyl (C=O) groups is 1. The maximum Gasteiger partial charge on any atom is 0.330 e. The summed E-state index contributed by atoms with van der Waals surface area (Å²) in [6, 6.07) is 11.3. The van der Waals surface area contributed by atoms with Gasteiger partial charge in [-0.15, -0.1) is 0 Å². The minimum absolute atomic E-state index is 0.0163. The summed E-state index contributed by atoms with van der Waals surface area (Å²) in [7, 11) is 1.64. The molecule has 5 nitrogen and oxygen atoms in total. The number of ether oxygens (including phenoxy) is 2. The van der Waals surface area contributed by atoms with Gasteiger partial charge in [-0.1, -0.05) is 13.0 Å². The van der Waals surface area contributed by atoms with Gasteiger partial charge in [0.1, 0.15) is 11.5 Å². The van der Waals surface area contributed by atoms with E-state index in [1.165, 1.54) is 6.08 Å². The van der Waals surface area contributed by atoms with Gasteiger partial charge in [0, 0.05) is 17.7 Å². The van der Waals surface area contributed by atoms with Crippen molar-refractivity contribution >= 4 is 11.7 Å². The van der Waals surface area contributed by atoms with Gasteiger partial charge in [0.05, 0.1) is 26.0 Å². The van der Waals surface area contributed by atoms with Crippen LogP contribution in [0.1, 0.15) is 25.6 Å². The molecule has 0 radical (unpaired) electrons. The van der Waals surface area contributed by atoms with Crippen LogP contribution in [0.4, 0.5) is 5.69 Å². The van der Waals surface area contributed by atoms with E-state index in [1.807, 2.05) is 49.4 Å². The van der Waals surface area contributed by atoms with Crippen molar-refractivity contribution < 1.29 is 18.7 Å². The van der Waals surface area contributed by atoms with Crippen LogP contribution >= 0.6 is 0 Å². The molecule has 1 aromatic heterocycles. The Kier molecular flexibility index (Phi) is 6.49. The molecule has 24 heavy (non-hydrogen) atoms. The Morgan fingerprint density at radius 3 is 2.62 bits per heavy atom. The van der Waals surface area contributed by atoms with Crippen LogP contribution in [-0.2, 0) is 9.53 Å². The maximum atomic E-state index is 11.5. The van der Waals surface area contributed by atoms with Crippen LogP contribution < -0.4 is 10.1 Å². The highest BCUT2D eigenvalue weighted by atomic mass is 16.5. The summed E-state index contributed by atoms with van der Waals surface area (Å²) in [6.45, 7) is 4.16. The Bertz CT molecular complexity index is 647. The summed E-state index contributed by atoms with van der Waals surface area (Å²) in [6.07, 6.45) is 4.92. The molecule has 0 amide bonds. The molecule has 0 bridgehead atoms. The molecule has 1 heterocycles. The van der Waals surface area contributed by atoms with Crippen molar-refractivity contribution in [3.05, 3.63) is 60.6 Å². The van der Waals surface area contributed by atoms with Crippen molar-refractivity contribution in [3.8, 4) is 5.75 Å². The molecule has 0 saturated heterocycles. The molecule has 2 rings (SSSR count). The van der Waals surface area contributed by atoms with Gasteiger partial charge >= 0.3 is 5.97 Å². The first-order valence-corrected chi connectivity index (χ1v) is 7.93. The quantitative estimate of drug-likeness (QED) is 0.581. The second-order valence-electron chi connectivity index (χ2n) is 5.34. The van der Waals surface area contributed by atoms with E-state index in [0.717, 1.165) is 17.2 Å². The summed E-state index contributed by atoms with van der Waals surface area (Å²) in [5.74, 6) is 1.27. The molecule has 2 atom stereocenters. The molecular formula is C19H23NO4. The van der Waals surface area contributed by atoms with Gasteiger partial charge in [0.15, 0.2) is 0 Å². The van der Waals surface area contributed by atoms with E-state index in [1.54, 1.807) is 20.3 Å². The summed E-state index contributed by atoms with van der Waals surface area (Å²) in [4.78, 5) is 11.5. The fourth-order valence-corrected chi connectivity index (χ4v) is 2.33. The highest BCUT2D eigenvalue weighted by molar-refractivity contribution is 5.81. The lowest BCUT2D eigenvalue weighted by molar-refractivity contribution is -0.137. The Morgan fingerprint density at radius 2 is 2.04 bits per heavy atom. The molecule has 1 aromatic carbocycles. The van der Waals surface area contributed by atoms with Crippen LogP contribution in [-0.4, -0.2) is 19.7 Å². The molecule has 2 aromatic rings. The van der Waals surface area contributed by atoms with Gasteiger partial charge < -0.3 is 19.2 Å². The first kappa shape index (κ1) is 17.7. The molecule has 0 aliphatic carbocycles. The Labute approximate surface area is 142 Å². The maximum absolute atomic E-state index is 11.5. The van der Waals surface area contributed by atoms with Crippen molar-refractivity contribution in [1.82, 2.24) is 0 Å². The van der Waals surface area contributed by atoms with Gasteiger partial charge in [-0.25, -0.2) is 4.79 Å². The van der Waals surface area contributed by atoms with Gasteiger partial charge in [-0.05, 0) is 43.3 Å². The third-order valence-corrected chi connectivity index (χ3v) is 3.61. The fraction of sp³-hybridized carbons (Fsp3) is 0.316. The topological polar surface area (TPSA) is 60.7 Å². The Balaban J connectivity index is 2.14. The second-order valence-corrected chi connectivity index (χ2v) is 5.34. The standard InChI is InChI=1S/C19H23NO4/c1-4-23-18(21)12-7-14(2)19(17-6-5-13-24-17)20-15-8-10-16(22-3)11-9-15/h5-14,19-20H,4H2,1-3H3/b12-7+/t14-,19-/m0/s1. The predicted octanol–water partition coefficient (Wildman–Crippen LogP) is 4.20. The number of methoxy groups -OCH3 is 1. The minimum Gasteiger partial charge on any atom is -0.497 e. The fourth-order valence-electron chi connectivity index (χ4n) is 2.33. The zero-order valence-corrected chi connectivity index (χ0v) is 14.2. The summed E-state index contributed by atoms with van der Waals surface area (Å²) < 4.78 is 15.6. The van der Waals surface area contributed by atoms with Gasteiger partial charge in [-0.2, -0.15) is 0 Å². The number of anilines is 1. The van der Waals surface area contributed by atoms with Crippen LogP contribution in [0.3, 0.4) is 0 Å². The number of esters is 1. The molecule has 0 aliphatic rings. The van der Waals surface area contributed by atoms with E-state index in [2.05, 4.69) is 5.32 Å². The largest absolute Gasteiger partial charge is 0.497 e. The average Bonchev–Trinajstić information content (AvgIpc) is 3.12. The van der Waals surface area contributed by atoms with E-state index in [4.69, 9.17) is 13.9 Å². The lowest BCUT2D eigenvalue weighted by Crippen LogP contribution is -2.17. The van der Waals surface area contributed by atoms with Crippen molar-refractivity contribution in [2.45, 2.75) is 19.9 Å². The first-order chi connectivity index (χ1) is 11.6. The number of rotatable bonds is 8. The molecule has 0 aliphatic heterocycles. The molecule has 5 heteroatoms. The zero-order chi connectivity index (χ0) is 17.4. The molecule has 128 valence electrons. The van der Waals surface area contributed by atoms with Crippen molar-refractivity contribution in [2.24, 2.45) is 5.92 Å². The van der Waals surface area contributed by atoms with E-state index in [9.17, 15) is 4.79 Å². The monoisotopic (exact) mass is 329 g/mol. The summed E-state index contributed by atoms with van der Waals surface area (Å²) >= 11 is 0. The number of hydrogen-bond donors (Lipinski definition) is 1. The number of carbonyl (C=O) groups excluding carboxylic acids is 1. The van der Waals surface area contributed by atoms with E-state index in [-0.39, 0.29) is 17.9 Å². The SMILES string of the molecule is CCOC(=O)/C=C/[C@H](C)[C@H](Nc1ccc(OC)cc1)c1ccco1. The highest BCUT2D eigenvalue weighted by Gasteiger charge is 2.20. The van der Waals surface area contributed by atoms with Crippen LogP contribution in [0.15, 0.2) is 59.2 Å². The number of nitrogens with one attached hydrogen (secondary N) is 1. The van der Waals surface area contributed by atoms with E-state index < -0.39 is 0 Å². The second kappa shape index (κ2) is 8.82. The molecule has 0 unspecified atom stereocenters. The average molecular weight is 329 g/mol. The van der Waals surface area contributed by atoms with E-state index in [0.29, 0.717) is 6.61 Å². The van der Waals surface area contributed by atoms with Gasteiger partial charge in [0.2, 0.25) is 0 Å². The lowest BCUT2D eigenvalue weighted by atomic mass is 9.98. The van der Waals surface area contributed by atoms with Gasteiger partial charge in [-0.3, -0.25) is 0 Å². The van der Waals surface area contributed by atoms with Crippen LogP contribution in [0.2, 0.25) is 0 Å². The van der Waals surface area contributed by atoms with Crippen molar-refractivity contribution in [2.75, 3.05) is 19.0 Å². The number of hydrogen-bond acceptors (Lipinski definition) is 5. The van der Waals surface area contributed by atoms with Crippen molar-refractivity contribution in [3.63, 3.8) is 0 Å². The summed E-state index contributed by atoms with van der Waals surface area (Å²) in [5, 5.41) is 3.44. The van der Waals surface area contributed by atoms with Gasteiger partial charge in [0.25, 0.3) is 0 Å². The minimum atomic E-state index is -0.341. The van der Waals surface area contributed by atoms with Crippen molar-refractivity contribution in [1.29, 1.82) is 0 Å². The Hall–Kier alpha value is -2.69. The van der Waals surface area contributed by atoms with E-state index >= 15 is 0 Å². The molecule has 0 saturated carbocycles. The normalized spacial score (nSPS) is 13.5. The third kappa shape index (κ3) is 4.91. The number of furan rings is 1. The van der Waals surface area contributed by atoms with Crippen LogP contribution in [0.5, 0.6) is 5.75 Å². The van der Waals surface area contributed by atoms with Crippen LogP contribution in [0.25, 0.3) is 0 Å². The smallest absolute Gasteiger partial charge is 0.330 e. The molecule has 0 fully saturated rings. The molecule has 1 N–H and O–H groups in total. The zero-order valence-electron chi connectivity index (χ0n) is 14.2. The molecule has 0 spiro atoms. The Morgan fingerprint density at radius 1 is 1.29 bits per heavy atom. The lowest BCUT2D eigenvalue weighted by Gasteiger charge is -2.22. The molecular weight excluding hydrogens is 306 g/mol. The summed E-state index contributed by atoms with van der Waals surface area (Å²) in [5.41, 5.74) is 0.939. The highest BCUT2D eigenvalue weighted by Crippen LogP contribution is 2.29. The number of benzene rings is 1. The third-order valence-electron chi connectivity index (χ3n) is 3.61.